The van der Waals surface area contributed by atoms with Crippen molar-refractivity contribution in [2.45, 2.75) is 6.42 Å². The van der Waals surface area contributed by atoms with Crippen molar-refractivity contribution < 1.29 is 14.7 Å². The fourth-order valence-corrected chi connectivity index (χ4v) is 3.40. The number of carbonyl (C=O) groups is 2. The number of nitrogens with zero attached hydrogens (tertiary/aromatic N) is 1. The van der Waals surface area contributed by atoms with Crippen LogP contribution >= 0.6 is 11.6 Å². The summed E-state index contributed by atoms with van der Waals surface area (Å²) in [6, 6.07) is 3.17. The highest BCUT2D eigenvalue weighted by atomic mass is 35.5. The number of carbonyl (C=O) groups excluding carboxylic acids is 1. The number of carboxylic acid groups (broad SMARTS) is 1. The van der Waals surface area contributed by atoms with Gasteiger partial charge in [-0.05, 0) is 30.4 Å². The largest absolute Gasteiger partial charge is 0.481 e. The highest BCUT2D eigenvalue weighted by Crippen LogP contribution is 2.48. The topological polar surface area (TPSA) is 79.3 Å². The van der Waals surface area contributed by atoms with Gasteiger partial charge in [0.25, 0.3) is 0 Å². The number of hydrogen-bond donors (Lipinski definition) is 2. The van der Waals surface area contributed by atoms with Gasteiger partial charge in [-0.15, -0.1) is 0 Å². The molecule has 0 aromatic carbocycles. The zero-order chi connectivity index (χ0) is 14.3. The lowest BCUT2D eigenvalue weighted by Gasteiger charge is -2.23. The molecule has 5 nitrogen and oxygen atoms in total. The summed E-state index contributed by atoms with van der Waals surface area (Å²) >= 11 is 5.76. The molecule has 2 unspecified atom stereocenters. The molecule has 6 heteroatoms. The van der Waals surface area contributed by atoms with Crippen LogP contribution in [0.15, 0.2) is 30.5 Å². The number of pyridine rings is 1. The number of carboxylic acids is 1. The summed E-state index contributed by atoms with van der Waals surface area (Å²) in [5.74, 6) is -2.35. The number of anilines is 1. The highest BCUT2D eigenvalue weighted by Gasteiger charge is 2.51. The van der Waals surface area contributed by atoms with E-state index in [2.05, 4.69) is 10.3 Å². The first-order chi connectivity index (χ1) is 9.56. The van der Waals surface area contributed by atoms with Gasteiger partial charge in [-0.25, -0.2) is 4.98 Å². The molecule has 4 atom stereocenters. The number of fused-ring (bicyclic) bond motifs is 2. The van der Waals surface area contributed by atoms with E-state index >= 15 is 0 Å². The predicted octanol–water partition coefficient (Wildman–Crippen LogP) is 2.20. The molecule has 20 heavy (non-hydrogen) atoms. The number of hydrogen-bond acceptors (Lipinski definition) is 3. The maximum absolute atomic E-state index is 12.4. The summed E-state index contributed by atoms with van der Waals surface area (Å²) < 4.78 is 0. The lowest BCUT2D eigenvalue weighted by molar-refractivity contribution is -0.146. The Morgan fingerprint density at radius 3 is 2.65 bits per heavy atom. The molecule has 1 aromatic heterocycles. The SMILES string of the molecule is O=C(O)[C@@H]1C2C=CC(C2)[C@@H]1C(=O)Nc1ccnc(Cl)c1. The molecule has 3 rings (SSSR count). The Kier molecular flexibility index (Phi) is 3.22. The molecule has 2 N–H and O–H groups in total. The van der Waals surface area contributed by atoms with Crippen LogP contribution in [0.2, 0.25) is 5.15 Å². The molecule has 2 aliphatic carbocycles. The van der Waals surface area contributed by atoms with Gasteiger partial charge in [-0.1, -0.05) is 23.8 Å². The lowest BCUT2D eigenvalue weighted by Crippen LogP contribution is -2.36. The van der Waals surface area contributed by atoms with Crippen molar-refractivity contribution in [3.05, 3.63) is 35.6 Å². The molecule has 104 valence electrons. The first kappa shape index (κ1) is 13.1. The molecule has 1 fully saturated rings. The minimum atomic E-state index is -0.908. The fraction of sp³-hybridized carbons (Fsp3) is 0.357. The molecule has 2 aliphatic rings. The van der Waals surface area contributed by atoms with Crippen LogP contribution in [0.5, 0.6) is 0 Å². The van der Waals surface area contributed by atoms with E-state index in [0.29, 0.717) is 5.69 Å². The number of halogens is 1. The molecule has 1 amide bonds. The van der Waals surface area contributed by atoms with Gasteiger partial charge in [0.2, 0.25) is 5.91 Å². The number of allylic oxidation sites excluding steroid dienone is 2. The molecule has 1 aromatic rings. The van der Waals surface area contributed by atoms with Crippen LogP contribution in [-0.2, 0) is 9.59 Å². The van der Waals surface area contributed by atoms with E-state index in [4.69, 9.17) is 11.6 Å². The van der Waals surface area contributed by atoms with Crippen molar-refractivity contribution in [3.8, 4) is 0 Å². The first-order valence-electron chi connectivity index (χ1n) is 6.40. The summed E-state index contributed by atoms with van der Waals surface area (Å²) in [5.41, 5.74) is 0.533. The Morgan fingerprint density at radius 2 is 2.00 bits per heavy atom. The number of nitrogens with one attached hydrogen (secondary N) is 1. The van der Waals surface area contributed by atoms with Gasteiger partial charge < -0.3 is 10.4 Å². The van der Waals surface area contributed by atoms with E-state index in [9.17, 15) is 14.7 Å². The van der Waals surface area contributed by atoms with Gasteiger partial charge in [0.05, 0.1) is 11.8 Å². The number of aromatic nitrogens is 1. The molecule has 1 saturated carbocycles. The summed E-state index contributed by atoms with van der Waals surface area (Å²) in [6.07, 6.45) is 6.10. The second-order valence-electron chi connectivity index (χ2n) is 5.19. The van der Waals surface area contributed by atoms with Crippen LogP contribution in [-0.4, -0.2) is 22.0 Å². The molecule has 1 heterocycles. The second kappa shape index (κ2) is 4.90. The smallest absolute Gasteiger partial charge is 0.307 e. The zero-order valence-electron chi connectivity index (χ0n) is 10.5. The Morgan fingerprint density at radius 1 is 1.30 bits per heavy atom. The quantitative estimate of drug-likeness (QED) is 0.661. The maximum atomic E-state index is 12.4. The molecule has 0 spiro atoms. The Bertz CT molecular complexity index is 602. The number of aliphatic carboxylic acids is 1. The third-order valence-electron chi connectivity index (χ3n) is 4.04. The van der Waals surface area contributed by atoms with E-state index in [1.807, 2.05) is 12.2 Å². The van der Waals surface area contributed by atoms with Crippen LogP contribution < -0.4 is 5.32 Å². The first-order valence-corrected chi connectivity index (χ1v) is 6.77. The summed E-state index contributed by atoms with van der Waals surface area (Å²) in [7, 11) is 0. The third-order valence-corrected chi connectivity index (χ3v) is 4.25. The van der Waals surface area contributed by atoms with E-state index in [-0.39, 0.29) is 22.9 Å². The van der Waals surface area contributed by atoms with Gasteiger partial charge in [0.15, 0.2) is 0 Å². The Hall–Kier alpha value is -1.88. The zero-order valence-corrected chi connectivity index (χ0v) is 11.2. The maximum Gasteiger partial charge on any atom is 0.307 e. The van der Waals surface area contributed by atoms with Crippen LogP contribution in [0.4, 0.5) is 5.69 Å². The van der Waals surface area contributed by atoms with Crippen molar-refractivity contribution in [2.75, 3.05) is 5.32 Å². The highest BCUT2D eigenvalue weighted by molar-refractivity contribution is 6.29. The summed E-state index contributed by atoms with van der Waals surface area (Å²) in [5, 5.41) is 12.3. The molecular formula is C14H13ClN2O3. The van der Waals surface area contributed by atoms with Gasteiger partial charge in [0, 0.05) is 11.9 Å². The fourth-order valence-electron chi connectivity index (χ4n) is 3.22. The number of amides is 1. The Labute approximate surface area is 120 Å². The molecular weight excluding hydrogens is 280 g/mol. The molecule has 0 aliphatic heterocycles. The van der Waals surface area contributed by atoms with Gasteiger partial charge in [-0.3, -0.25) is 9.59 Å². The normalized spacial score (nSPS) is 30.4. The van der Waals surface area contributed by atoms with Gasteiger partial charge >= 0.3 is 5.97 Å². The standard InChI is InChI=1S/C14H13ClN2O3/c15-10-6-9(3-4-16-10)17-13(18)11-7-1-2-8(5-7)12(11)14(19)20/h1-4,6-8,11-12H,5H2,(H,19,20)(H,16,17,18)/t7?,8?,11-,12+/m0/s1. The third kappa shape index (κ3) is 2.18. The number of rotatable bonds is 3. The second-order valence-corrected chi connectivity index (χ2v) is 5.58. The van der Waals surface area contributed by atoms with Crippen molar-refractivity contribution in [3.63, 3.8) is 0 Å². The average molecular weight is 293 g/mol. The van der Waals surface area contributed by atoms with Crippen LogP contribution in [0, 0.1) is 23.7 Å². The molecule has 0 radical (unpaired) electrons. The van der Waals surface area contributed by atoms with E-state index in [1.165, 1.54) is 12.3 Å². The predicted molar refractivity (Wildman–Crippen MR) is 73.2 cm³/mol. The van der Waals surface area contributed by atoms with Crippen molar-refractivity contribution in [2.24, 2.45) is 23.7 Å². The monoisotopic (exact) mass is 292 g/mol. The van der Waals surface area contributed by atoms with Crippen molar-refractivity contribution in [1.29, 1.82) is 0 Å². The molecule has 2 bridgehead atoms. The summed E-state index contributed by atoms with van der Waals surface area (Å²) in [4.78, 5) is 27.6. The summed E-state index contributed by atoms with van der Waals surface area (Å²) in [6.45, 7) is 0. The van der Waals surface area contributed by atoms with E-state index in [0.717, 1.165) is 6.42 Å². The van der Waals surface area contributed by atoms with Crippen LogP contribution in [0.25, 0.3) is 0 Å². The average Bonchev–Trinajstić information content (AvgIpc) is 2.98. The molecule has 0 saturated heterocycles. The van der Waals surface area contributed by atoms with Crippen molar-refractivity contribution in [1.82, 2.24) is 4.98 Å². The van der Waals surface area contributed by atoms with Gasteiger partial charge in [-0.2, -0.15) is 0 Å². The minimum absolute atomic E-state index is 0.0124. The Balaban J connectivity index is 1.80. The van der Waals surface area contributed by atoms with Crippen molar-refractivity contribution >= 4 is 29.2 Å². The van der Waals surface area contributed by atoms with Gasteiger partial charge in [0.1, 0.15) is 5.15 Å². The van der Waals surface area contributed by atoms with E-state index in [1.54, 1.807) is 6.07 Å². The van der Waals surface area contributed by atoms with Crippen LogP contribution in [0.1, 0.15) is 6.42 Å². The minimum Gasteiger partial charge on any atom is -0.481 e. The van der Waals surface area contributed by atoms with Crippen LogP contribution in [0.3, 0.4) is 0 Å². The van der Waals surface area contributed by atoms with E-state index < -0.39 is 17.8 Å². The lowest BCUT2D eigenvalue weighted by atomic mass is 9.82.